The SMILES string of the molecule is CCCCCCCCc1ccc(-c2ccc(C(=O)OC(C)C(F)(F)F)c(F)c2F)cc1. The second-order valence-corrected chi connectivity index (χ2v) is 7.59. The van der Waals surface area contributed by atoms with Gasteiger partial charge in [0.15, 0.2) is 17.7 Å². The standard InChI is InChI=1S/C24H27F5O2/c1-3-4-5-6-7-8-9-17-10-12-18(13-11-17)19-14-15-20(22(26)21(19)25)23(30)31-16(2)24(27,28)29/h10-16H,3-9H2,1-2H3. The Kier molecular flexibility index (Phi) is 9.01. The zero-order chi connectivity index (χ0) is 23.0. The molecule has 2 aromatic rings. The van der Waals surface area contributed by atoms with E-state index in [1.165, 1.54) is 25.7 Å². The zero-order valence-corrected chi connectivity index (χ0v) is 17.7. The predicted molar refractivity (Wildman–Crippen MR) is 110 cm³/mol. The molecule has 0 saturated carbocycles. The van der Waals surface area contributed by atoms with Crippen LogP contribution in [0, 0.1) is 11.6 Å². The lowest BCUT2D eigenvalue weighted by Gasteiger charge is -2.17. The summed E-state index contributed by atoms with van der Waals surface area (Å²) >= 11 is 0. The molecule has 0 aliphatic rings. The number of hydrogen-bond acceptors (Lipinski definition) is 2. The van der Waals surface area contributed by atoms with Crippen molar-refractivity contribution < 1.29 is 31.5 Å². The molecule has 0 heterocycles. The maximum atomic E-state index is 14.5. The Morgan fingerprint density at radius 1 is 0.903 bits per heavy atom. The summed E-state index contributed by atoms with van der Waals surface area (Å²) in [4.78, 5) is 11.8. The van der Waals surface area contributed by atoms with Crippen LogP contribution in [0.5, 0.6) is 0 Å². The number of alkyl halides is 3. The van der Waals surface area contributed by atoms with Gasteiger partial charge in [-0.05, 0) is 37.0 Å². The van der Waals surface area contributed by atoms with Crippen LogP contribution >= 0.6 is 0 Å². The van der Waals surface area contributed by atoms with E-state index in [4.69, 9.17) is 0 Å². The number of benzene rings is 2. The maximum absolute atomic E-state index is 14.5. The van der Waals surface area contributed by atoms with Crippen molar-refractivity contribution in [2.45, 2.75) is 71.1 Å². The Hall–Kier alpha value is -2.44. The first kappa shape index (κ1) is 24.8. The second kappa shape index (κ2) is 11.3. The van der Waals surface area contributed by atoms with E-state index in [9.17, 15) is 26.7 Å². The van der Waals surface area contributed by atoms with Crippen molar-refractivity contribution in [2.75, 3.05) is 0 Å². The molecular formula is C24H27F5O2. The molecule has 1 unspecified atom stereocenters. The molecule has 2 nitrogen and oxygen atoms in total. The Morgan fingerprint density at radius 2 is 1.52 bits per heavy atom. The van der Waals surface area contributed by atoms with E-state index in [0.29, 0.717) is 12.5 Å². The lowest BCUT2D eigenvalue weighted by Crippen LogP contribution is -2.31. The molecule has 1 atom stereocenters. The van der Waals surface area contributed by atoms with Crippen LogP contribution in [0.1, 0.15) is 68.3 Å². The largest absolute Gasteiger partial charge is 0.449 e. The summed E-state index contributed by atoms with van der Waals surface area (Å²) in [6.07, 6.45) is 0.758. The van der Waals surface area contributed by atoms with E-state index in [1.807, 2.05) is 12.1 Å². The first-order chi connectivity index (χ1) is 14.6. The van der Waals surface area contributed by atoms with Gasteiger partial charge >= 0.3 is 12.1 Å². The molecule has 2 rings (SSSR count). The first-order valence-corrected chi connectivity index (χ1v) is 10.5. The van der Waals surface area contributed by atoms with Gasteiger partial charge in [-0.25, -0.2) is 13.6 Å². The van der Waals surface area contributed by atoms with Gasteiger partial charge in [-0.1, -0.05) is 69.4 Å². The molecule has 0 aromatic heterocycles. The van der Waals surface area contributed by atoms with Gasteiger partial charge in [0.1, 0.15) is 0 Å². The minimum atomic E-state index is -4.79. The molecule has 2 aromatic carbocycles. The van der Waals surface area contributed by atoms with Crippen molar-refractivity contribution in [3.63, 3.8) is 0 Å². The van der Waals surface area contributed by atoms with Crippen molar-refractivity contribution in [2.24, 2.45) is 0 Å². The van der Waals surface area contributed by atoms with Crippen molar-refractivity contribution in [3.8, 4) is 11.1 Å². The lowest BCUT2D eigenvalue weighted by atomic mass is 9.99. The second-order valence-electron chi connectivity index (χ2n) is 7.59. The van der Waals surface area contributed by atoms with Crippen LogP contribution in [0.4, 0.5) is 22.0 Å². The maximum Gasteiger partial charge on any atom is 0.425 e. The van der Waals surface area contributed by atoms with Gasteiger partial charge in [-0.3, -0.25) is 0 Å². The number of unbranched alkanes of at least 4 members (excludes halogenated alkanes) is 5. The highest BCUT2D eigenvalue weighted by atomic mass is 19.4. The van der Waals surface area contributed by atoms with Gasteiger partial charge in [-0.15, -0.1) is 0 Å². The molecule has 0 aliphatic carbocycles. The van der Waals surface area contributed by atoms with E-state index in [0.717, 1.165) is 37.0 Å². The molecule has 0 bridgehead atoms. The third kappa shape index (κ3) is 7.04. The van der Waals surface area contributed by atoms with Crippen LogP contribution in [-0.4, -0.2) is 18.2 Å². The number of carbonyl (C=O) groups excluding carboxylic acids is 1. The van der Waals surface area contributed by atoms with Gasteiger partial charge in [-0.2, -0.15) is 13.2 Å². The molecule has 170 valence electrons. The summed E-state index contributed by atoms with van der Waals surface area (Å²) in [6, 6.07) is 9.10. The molecule has 31 heavy (non-hydrogen) atoms. The predicted octanol–water partition coefficient (Wildman–Crippen LogP) is 7.64. The molecule has 0 aliphatic heterocycles. The Balaban J connectivity index is 2.05. The number of halogens is 5. The van der Waals surface area contributed by atoms with Crippen LogP contribution in [0.2, 0.25) is 0 Å². The molecule has 0 spiro atoms. The van der Waals surface area contributed by atoms with Gasteiger partial charge in [0, 0.05) is 5.56 Å². The molecular weight excluding hydrogens is 415 g/mol. The first-order valence-electron chi connectivity index (χ1n) is 10.5. The smallest absolute Gasteiger partial charge is 0.425 e. The van der Waals surface area contributed by atoms with Crippen LogP contribution in [0.15, 0.2) is 36.4 Å². The number of hydrogen-bond donors (Lipinski definition) is 0. The zero-order valence-electron chi connectivity index (χ0n) is 17.7. The summed E-state index contributed by atoms with van der Waals surface area (Å²) in [6.45, 7) is 2.79. The molecule has 0 amide bonds. The van der Waals surface area contributed by atoms with E-state index in [-0.39, 0.29) is 5.56 Å². The summed E-state index contributed by atoms with van der Waals surface area (Å²) < 4.78 is 70.7. The van der Waals surface area contributed by atoms with Crippen LogP contribution in [0.3, 0.4) is 0 Å². The fourth-order valence-electron chi connectivity index (χ4n) is 3.18. The number of rotatable bonds is 10. The van der Waals surface area contributed by atoms with Crippen LogP contribution in [-0.2, 0) is 11.2 Å². The van der Waals surface area contributed by atoms with Crippen molar-refractivity contribution in [1.29, 1.82) is 0 Å². The summed E-state index contributed by atoms with van der Waals surface area (Å²) in [5.41, 5.74) is 0.536. The quantitative estimate of drug-likeness (QED) is 0.215. The minimum absolute atomic E-state index is 0.0796. The van der Waals surface area contributed by atoms with E-state index < -0.39 is 35.4 Å². The summed E-state index contributed by atoms with van der Waals surface area (Å²) in [5.74, 6) is -4.41. The number of aryl methyl sites for hydroxylation is 1. The lowest BCUT2D eigenvalue weighted by molar-refractivity contribution is -0.198. The number of ether oxygens (including phenoxy) is 1. The van der Waals surface area contributed by atoms with E-state index in [1.54, 1.807) is 12.1 Å². The summed E-state index contributed by atoms with van der Waals surface area (Å²) in [5, 5.41) is 0. The number of carbonyl (C=O) groups is 1. The molecule has 7 heteroatoms. The normalized spacial score (nSPS) is 12.6. The average Bonchev–Trinajstić information content (AvgIpc) is 2.72. The highest BCUT2D eigenvalue weighted by molar-refractivity contribution is 5.90. The van der Waals surface area contributed by atoms with Crippen LogP contribution in [0.25, 0.3) is 11.1 Å². The Labute approximate surface area is 179 Å². The van der Waals surface area contributed by atoms with E-state index >= 15 is 0 Å². The Morgan fingerprint density at radius 3 is 2.13 bits per heavy atom. The average molecular weight is 442 g/mol. The van der Waals surface area contributed by atoms with Gasteiger partial charge < -0.3 is 4.74 Å². The third-order valence-corrected chi connectivity index (χ3v) is 5.13. The van der Waals surface area contributed by atoms with Crippen molar-refractivity contribution in [3.05, 3.63) is 59.2 Å². The Bertz CT molecular complexity index is 860. The minimum Gasteiger partial charge on any atom is -0.449 e. The number of esters is 1. The molecule has 0 saturated heterocycles. The fraction of sp³-hybridized carbons (Fsp3) is 0.458. The summed E-state index contributed by atoms with van der Waals surface area (Å²) in [7, 11) is 0. The van der Waals surface area contributed by atoms with Gasteiger partial charge in [0.05, 0.1) is 5.56 Å². The van der Waals surface area contributed by atoms with Gasteiger partial charge in [0.25, 0.3) is 0 Å². The van der Waals surface area contributed by atoms with Crippen LogP contribution < -0.4 is 0 Å². The van der Waals surface area contributed by atoms with Gasteiger partial charge in [0.2, 0.25) is 0 Å². The highest BCUT2D eigenvalue weighted by Gasteiger charge is 2.39. The fourth-order valence-corrected chi connectivity index (χ4v) is 3.18. The monoisotopic (exact) mass is 442 g/mol. The molecule has 0 radical (unpaired) electrons. The van der Waals surface area contributed by atoms with Crippen molar-refractivity contribution in [1.82, 2.24) is 0 Å². The molecule has 0 fully saturated rings. The topological polar surface area (TPSA) is 26.3 Å². The third-order valence-electron chi connectivity index (χ3n) is 5.13. The molecule has 0 N–H and O–H groups in total. The highest BCUT2D eigenvalue weighted by Crippen LogP contribution is 2.29. The van der Waals surface area contributed by atoms with E-state index in [2.05, 4.69) is 11.7 Å². The van der Waals surface area contributed by atoms with Crippen molar-refractivity contribution >= 4 is 5.97 Å².